The number of nitrogens with two attached hydrogens (primary N) is 1. The zero-order chi connectivity index (χ0) is 12.1. The lowest BCUT2D eigenvalue weighted by atomic mass is 10.3. The van der Waals surface area contributed by atoms with Crippen LogP contribution in [0.4, 0.5) is 17.1 Å². The Balaban J connectivity index is 1.98. The van der Waals surface area contributed by atoms with E-state index in [-0.39, 0.29) is 0 Å². The molecule has 0 radical (unpaired) electrons. The second kappa shape index (κ2) is 5.32. The van der Waals surface area contributed by atoms with Crippen molar-refractivity contribution in [3.05, 3.63) is 54.6 Å². The molecule has 4 N–H and O–H groups in total. The van der Waals surface area contributed by atoms with Crippen LogP contribution in [0, 0.1) is 0 Å². The molecular weight excluding hydrogens is 230 g/mol. The van der Waals surface area contributed by atoms with Crippen molar-refractivity contribution >= 4 is 34.4 Å². The van der Waals surface area contributed by atoms with E-state index in [0.717, 1.165) is 11.4 Å². The van der Waals surface area contributed by atoms with Gasteiger partial charge in [-0.15, -0.1) is 0 Å². The maximum Gasteiger partial charge on any atom is 0.175 e. The standard InChI is InChI=1S/C13H13N3S/c14-10-5-4-8-12(9-10)16-13(17)15-11-6-2-1-3-7-11/h1-9H,14H2,(H2,15,16,17). The Morgan fingerprint density at radius 2 is 1.53 bits per heavy atom. The fourth-order valence-corrected chi connectivity index (χ4v) is 1.67. The van der Waals surface area contributed by atoms with E-state index in [1.54, 1.807) is 0 Å². The van der Waals surface area contributed by atoms with Crippen LogP contribution in [0.15, 0.2) is 54.6 Å². The van der Waals surface area contributed by atoms with Crippen molar-refractivity contribution in [3.63, 3.8) is 0 Å². The highest BCUT2D eigenvalue weighted by molar-refractivity contribution is 7.80. The minimum Gasteiger partial charge on any atom is -0.399 e. The molecule has 0 aliphatic rings. The number of para-hydroxylation sites is 1. The van der Waals surface area contributed by atoms with Crippen molar-refractivity contribution in [2.75, 3.05) is 16.4 Å². The van der Waals surface area contributed by atoms with Crippen molar-refractivity contribution in [1.82, 2.24) is 0 Å². The lowest BCUT2D eigenvalue weighted by molar-refractivity contribution is 1.59. The van der Waals surface area contributed by atoms with Gasteiger partial charge >= 0.3 is 0 Å². The number of hydrogen-bond acceptors (Lipinski definition) is 2. The summed E-state index contributed by atoms with van der Waals surface area (Å²) in [6, 6.07) is 17.2. The average Bonchev–Trinajstić information content (AvgIpc) is 2.30. The van der Waals surface area contributed by atoms with Crippen molar-refractivity contribution in [2.45, 2.75) is 0 Å². The maximum absolute atomic E-state index is 5.68. The Bertz CT molecular complexity index is 511. The molecule has 0 aliphatic heterocycles. The lowest BCUT2D eigenvalue weighted by Crippen LogP contribution is -2.18. The summed E-state index contributed by atoms with van der Waals surface area (Å²) < 4.78 is 0. The minimum absolute atomic E-state index is 0.543. The molecule has 3 nitrogen and oxygen atoms in total. The molecule has 0 amide bonds. The number of thiocarbonyl (C=S) groups is 1. The summed E-state index contributed by atoms with van der Waals surface area (Å²) in [5.41, 5.74) is 8.22. The van der Waals surface area contributed by atoms with Crippen LogP contribution >= 0.6 is 12.2 Å². The van der Waals surface area contributed by atoms with Crippen molar-refractivity contribution in [3.8, 4) is 0 Å². The van der Waals surface area contributed by atoms with Crippen LogP contribution in [-0.2, 0) is 0 Å². The van der Waals surface area contributed by atoms with E-state index in [4.69, 9.17) is 18.0 Å². The third kappa shape index (κ3) is 3.46. The van der Waals surface area contributed by atoms with Crippen LogP contribution in [-0.4, -0.2) is 5.11 Å². The predicted octanol–water partition coefficient (Wildman–Crippen LogP) is 3.08. The molecule has 0 fully saturated rings. The highest BCUT2D eigenvalue weighted by atomic mass is 32.1. The minimum atomic E-state index is 0.543. The maximum atomic E-state index is 5.68. The van der Waals surface area contributed by atoms with Gasteiger partial charge < -0.3 is 16.4 Å². The predicted molar refractivity (Wildman–Crippen MR) is 77.1 cm³/mol. The Labute approximate surface area is 106 Å². The molecule has 0 saturated carbocycles. The molecule has 0 bridgehead atoms. The lowest BCUT2D eigenvalue weighted by Gasteiger charge is -2.10. The third-order valence-electron chi connectivity index (χ3n) is 2.18. The largest absolute Gasteiger partial charge is 0.399 e. The van der Waals surface area contributed by atoms with Gasteiger partial charge in [0, 0.05) is 17.1 Å². The van der Waals surface area contributed by atoms with E-state index in [9.17, 15) is 0 Å². The topological polar surface area (TPSA) is 50.1 Å². The molecule has 0 heterocycles. The summed E-state index contributed by atoms with van der Waals surface area (Å²) in [4.78, 5) is 0. The first kappa shape index (κ1) is 11.4. The number of nitrogen functional groups attached to an aromatic ring is 1. The summed E-state index contributed by atoms with van der Waals surface area (Å²) in [7, 11) is 0. The summed E-state index contributed by atoms with van der Waals surface area (Å²) in [5, 5.41) is 6.70. The fraction of sp³-hybridized carbons (Fsp3) is 0. The van der Waals surface area contributed by atoms with Gasteiger partial charge in [-0.25, -0.2) is 0 Å². The van der Waals surface area contributed by atoms with Crippen LogP contribution in [0.1, 0.15) is 0 Å². The quantitative estimate of drug-likeness (QED) is 0.560. The van der Waals surface area contributed by atoms with Gasteiger partial charge in [-0.1, -0.05) is 24.3 Å². The zero-order valence-corrected chi connectivity index (χ0v) is 10.00. The summed E-state index contributed by atoms with van der Waals surface area (Å²) in [6.07, 6.45) is 0. The van der Waals surface area contributed by atoms with Gasteiger partial charge in [0.2, 0.25) is 0 Å². The van der Waals surface area contributed by atoms with Gasteiger partial charge in [-0.05, 0) is 42.5 Å². The Morgan fingerprint density at radius 3 is 2.24 bits per heavy atom. The highest BCUT2D eigenvalue weighted by Crippen LogP contribution is 2.12. The third-order valence-corrected chi connectivity index (χ3v) is 2.38. The smallest absolute Gasteiger partial charge is 0.175 e. The fourth-order valence-electron chi connectivity index (χ4n) is 1.43. The number of benzene rings is 2. The number of hydrogen-bond donors (Lipinski definition) is 3. The van der Waals surface area contributed by atoms with Crippen LogP contribution in [0.2, 0.25) is 0 Å². The van der Waals surface area contributed by atoms with Gasteiger partial charge in [0.1, 0.15) is 0 Å². The van der Waals surface area contributed by atoms with Crippen molar-refractivity contribution < 1.29 is 0 Å². The molecule has 2 aromatic carbocycles. The van der Waals surface area contributed by atoms with Crippen molar-refractivity contribution in [2.24, 2.45) is 0 Å². The number of rotatable bonds is 2. The van der Waals surface area contributed by atoms with E-state index in [1.165, 1.54) is 0 Å². The molecule has 0 aromatic heterocycles. The summed E-state index contributed by atoms with van der Waals surface area (Å²) >= 11 is 5.20. The number of anilines is 3. The molecule has 4 heteroatoms. The van der Waals surface area contributed by atoms with Gasteiger partial charge in [0.05, 0.1) is 0 Å². The molecule has 2 aromatic rings. The molecule has 0 aliphatic carbocycles. The zero-order valence-electron chi connectivity index (χ0n) is 9.18. The van der Waals surface area contributed by atoms with E-state index in [0.29, 0.717) is 10.8 Å². The molecular formula is C13H13N3S. The number of nitrogens with one attached hydrogen (secondary N) is 2. The first-order valence-electron chi connectivity index (χ1n) is 5.22. The van der Waals surface area contributed by atoms with Gasteiger partial charge in [-0.3, -0.25) is 0 Å². The molecule has 2 rings (SSSR count). The second-order valence-electron chi connectivity index (χ2n) is 3.57. The normalized spacial score (nSPS) is 9.65. The SMILES string of the molecule is Nc1cccc(NC(=S)Nc2ccccc2)c1. The van der Waals surface area contributed by atoms with Crippen molar-refractivity contribution in [1.29, 1.82) is 0 Å². The van der Waals surface area contributed by atoms with E-state index in [2.05, 4.69) is 10.6 Å². The van der Waals surface area contributed by atoms with Crippen LogP contribution in [0.25, 0.3) is 0 Å². The monoisotopic (exact) mass is 243 g/mol. The molecule has 0 saturated heterocycles. The average molecular weight is 243 g/mol. The Hall–Kier alpha value is -2.07. The second-order valence-corrected chi connectivity index (χ2v) is 3.98. The molecule has 86 valence electrons. The molecule has 17 heavy (non-hydrogen) atoms. The van der Waals surface area contributed by atoms with Gasteiger partial charge in [-0.2, -0.15) is 0 Å². The van der Waals surface area contributed by atoms with E-state index >= 15 is 0 Å². The highest BCUT2D eigenvalue weighted by Gasteiger charge is 1.98. The van der Waals surface area contributed by atoms with E-state index < -0.39 is 0 Å². The summed E-state index contributed by atoms with van der Waals surface area (Å²) in [5.74, 6) is 0. The summed E-state index contributed by atoms with van der Waals surface area (Å²) in [6.45, 7) is 0. The first-order valence-corrected chi connectivity index (χ1v) is 5.63. The van der Waals surface area contributed by atoms with Crippen LogP contribution < -0.4 is 16.4 Å². The molecule has 0 atom stereocenters. The van der Waals surface area contributed by atoms with E-state index in [1.807, 2.05) is 54.6 Å². The van der Waals surface area contributed by atoms with Crippen LogP contribution in [0.5, 0.6) is 0 Å². The van der Waals surface area contributed by atoms with Crippen LogP contribution in [0.3, 0.4) is 0 Å². The molecule has 0 unspecified atom stereocenters. The Kier molecular flexibility index (Phi) is 3.57. The van der Waals surface area contributed by atoms with Gasteiger partial charge in [0.15, 0.2) is 5.11 Å². The molecule has 0 spiro atoms. The Morgan fingerprint density at radius 1 is 0.882 bits per heavy atom. The first-order chi connectivity index (χ1) is 8.24. The van der Waals surface area contributed by atoms with Gasteiger partial charge in [0.25, 0.3) is 0 Å².